The lowest BCUT2D eigenvalue weighted by atomic mass is 9.99. The largest absolute Gasteiger partial charge is 0.357 e. The maximum absolute atomic E-state index is 14.0. The van der Waals surface area contributed by atoms with Crippen LogP contribution in [0.4, 0.5) is 0 Å². The summed E-state index contributed by atoms with van der Waals surface area (Å²) in [5.41, 5.74) is 0.786. The SMILES string of the molecule is CNC(=O)C(Cc1cccs1)N(C)C(=O)C(Cc1ccc2ccccc2c1)N(C)C(=O)/C=C/CC(C)(C)NC. The molecule has 8 heteroatoms. The number of thiophene rings is 1. The van der Waals surface area contributed by atoms with E-state index in [0.717, 1.165) is 21.2 Å². The molecule has 7 nitrogen and oxygen atoms in total. The first-order valence-corrected chi connectivity index (χ1v) is 14.0. The highest BCUT2D eigenvalue weighted by molar-refractivity contribution is 7.09. The Balaban J connectivity index is 1.91. The van der Waals surface area contributed by atoms with Crippen molar-refractivity contribution in [2.24, 2.45) is 0 Å². The normalized spacial score (nSPS) is 13.3. The molecule has 3 rings (SSSR count). The molecule has 0 saturated heterocycles. The van der Waals surface area contributed by atoms with Crippen LogP contribution in [0.25, 0.3) is 10.8 Å². The van der Waals surface area contributed by atoms with Crippen molar-refractivity contribution in [1.29, 1.82) is 0 Å². The van der Waals surface area contributed by atoms with Gasteiger partial charge < -0.3 is 20.4 Å². The Morgan fingerprint density at radius 3 is 2.28 bits per heavy atom. The summed E-state index contributed by atoms with van der Waals surface area (Å²) in [6.45, 7) is 4.11. The second-order valence-corrected chi connectivity index (χ2v) is 11.5. The summed E-state index contributed by atoms with van der Waals surface area (Å²) in [6, 6.07) is 16.5. The highest BCUT2D eigenvalue weighted by Gasteiger charge is 2.34. The fraction of sp³-hybridized carbons (Fsp3) is 0.387. The zero-order valence-corrected chi connectivity index (χ0v) is 24.5. The van der Waals surface area contributed by atoms with Gasteiger partial charge in [0.15, 0.2) is 0 Å². The van der Waals surface area contributed by atoms with E-state index in [0.29, 0.717) is 19.3 Å². The number of hydrogen-bond donors (Lipinski definition) is 2. The third-order valence-corrected chi connectivity index (χ3v) is 8.15. The van der Waals surface area contributed by atoms with Crippen molar-refractivity contribution in [3.63, 3.8) is 0 Å². The summed E-state index contributed by atoms with van der Waals surface area (Å²) < 4.78 is 0. The molecule has 2 aromatic carbocycles. The van der Waals surface area contributed by atoms with Gasteiger partial charge in [0.05, 0.1) is 0 Å². The summed E-state index contributed by atoms with van der Waals surface area (Å²) >= 11 is 1.55. The number of hydrogen-bond acceptors (Lipinski definition) is 5. The van der Waals surface area contributed by atoms with Crippen LogP contribution in [0, 0.1) is 0 Å². The molecule has 3 amide bonds. The summed E-state index contributed by atoms with van der Waals surface area (Å²) in [6.07, 6.45) is 4.75. The van der Waals surface area contributed by atoms with Crippen molar-refractivity contribution in [3.8, 4) is 0 Å². The molecule has 0 radical (unpaired) electrons. The van der Waals surface area contributed by atoms with E-state index in [9.17, 15) is 14.4 Å². The highest BCUT2D eigenvalue weighted by atomic mass is 32.1. The van der Waals surface area contributed by atoms with Crippen molar-refractivity contribution < 1.29 is 14.4 Å². The van der Waals surface area contributed by atoms with E-state index in [2.05, 4.69) is 30.5 Å². The van der Waals surface area contributed by atoms with Gasteiger partial charge in [0.2, 0.25) is 17.7 Å². The van der Waals surface area contributed by atoms with Gasteiger partial charge in [0, 0.05) is 44.4 Å². The second-order valence-electron chi connectivity index (χ2n) is 10.5. The van der Waals surface area contributed by atoms with E-state index in [1.54, 1.807) is 32.5 Å². The van der Waals surface area contributed by atoms with E-state index >= 15 is 0 Å². The van der Waals surface area contributed by atoms with Crippen molar-refractivity contribution >= 4 is 39.8 Å². The second kappa shape index (κ2) is 13.5. The highest BCUT2D eigenvalue weighted by Crippen LogP contribution is 2.21. The van der Waals surface area contributed by atoms with Gasteiger partial charge in [0.1, 0.15) is 12.1 Å². The quantitative estimate of drug-likeness (QED) is 0.335. The maximum Gasteiger partial charge on any atom is 0.246 e. The summed E-state index contributed by atoms with van der Waals surface area (Å²) in [4.78, 5) is 44.2. The smallest absolute Gasteiger partial charge is 0.246 e. The first-order chi connectivity index (χ1) is 18.6. The average Bonchev–Trinajstić information content (AvgIpc) is 3.46. The van der Waals surface area contributed by atoms with Gasteiger partial charge in [-0.2, -0.15) is 0 Å². The number of carbonyl (C=O) groups excluding carboxylic acids is 3. The molecule has 3 aromatic rings. The fourth-order valence-corrected chi connectivity index (χ4v) is 5.13. The fourth-order valence-electron chi connectivity index (χ4n) is 4.39. The summed E-state index contributed by atoms with van der Waals surface area (Å²) in [5.74, 6) is -0.788. The first-order valence-electron chi connectivity index (χ1n) is 13.2. The van der Waals surface area contributed by atoms with Gasteiger partial charge in [-0.1, -0.05) is 54.6 Å². The summed E-state index contributed by atoms with van der Waals surface area (Å²) in [7, 11) is 6.75. The van der Waals surface area contributed by atoms with Crippen LogP contribution in [-0.2, 0) is 27.2 Å². The first kappa shape index (κ1) is 30.1. The number of fused-ring (bicyclic) bond motifs is 1. The molecule has 1 aromatic heterocycles. The molecule has 39 heavy (non-hydrogen) atoms. The molecular weight excluding hydrogens is 508 g/mol. The van der Waals surface area contributed by atoms with Gasteiger partial charge in [-0.15, -0.1) is 11.3 Å². The van der Waals surface area contributed by atoms with Crippen LogP contribution in [0.15, 0.2) is 72.1 Å². The zero-order valence-electron chi connectivity index (χ0n) is 23.7. The third kappa shape index (κ3) is 8.00. The molecule has 0 aliphatic heterocycles. The van der Waals surface area contributed by atoms with E-state index in [-0.39, 0.29) is 23.3 Å². The lowest BCUT2D eigenvalue weighted by molar-refractivity contribution is -0.146. The number of nitrogens with zero attached hydrogens (tertiary/aromatic N) is 2. The molecule has 2 N–H and O–H groups in total. The Morgan fingerprint density at radius 1 is 0.923 bits per heavy atom. The minimum atomic E-state index is -0.791. The molecule has 2 unspecified atom stereocenters. The van der Waals surface area contributed by atoms with Gasteiger partial charge >= 0.3 is 0 Å². The Bertz CT molecular complexity index is 1300. The third-order valence-electron chi connectivity index (χ3n) is 7.25. The minimum Gasteiger partial charge on any atom is -0.357 e. The molecule has 0 saturated carbocycles. The Morgan fingerprint density at radius 2 is 1.64 bits per heavy atom. The number of amides is 3. The van der Waals surface area contributed by atoms with Crippen molar-refractivity contribution in [3.05, 3.63) is 82.6 Å². The molecule has 0 aliphatic rings. The zero-order chi connectivity index (χ0) is 28.6. The Labute approximate surface area is 235 Å². The van der Waals surface area contributed by atoms with Gasteiger partial charge in [-0.3, -0.25) is 14.4 Å². The monoisotopic (exact) mass is 548 g/mol. The number of carbonyl (C=O) groups is 3. The standard InChI is InChI=1S/C31H40N4O3S/c1-31(2,33-4)17-9-14-28(36)34(5)27(20-22-15-16-23-11-7-8-12-24(23)19-22)30(38)35(6)26(29(37)32-3)21-25-13-10-18-39-25/h7-16,18-19,26-27,33H,17,20-21H2,1-6H3,(H,32,37)/b14-9+. The lowest BCUT2D eigenvalue weighted by Gasteiger charge is -2.34. The summed E-state index contributed by atoms with van der Waals surface area (Å²) in [5, 5.41) is 10.0. The Kier molecular flexibility index (Phi) is 10.4. The van der Waals surface area contributed by atoms with E-state index in [4.69, 9.17) is 0 Å². The van der Waals surface area contributed by atoms with Gasteiger partial charge in [-0.25, -0.2) is 0 Å². The minimum absolute atomic E-state index is 0.154. The number of likely N-dealkylation sites (N-methyl/N-ethyl adjacent to an activating group) is 3. The molecule has 1 heterocycles. The van der Waals surface area contributed by atoms with Crippen LogP contribution in [-0.4, -0.2) is 73.3 Å². The van der Waals surface area contributed by atoms with Crippen LogP contribution >= 0.6 is 11.3 Å². The number of rotatable bonds is 12. The van der Waals surface area contributed by atoms with Gasteiger partial charge in [0.25, 0.3) is 0 Å². The van der Waals surface area contributed by atoms with Crippen LogP contribution < -0.4 is 10.6 Å². The molecule has 2 atom stereocenters. The van der Waals surface area contributed by atoms with Crippen LogP contribution in [0.5, 0.6) is 0 Å². The molecule has 0 bridgehead atoms. The molecule has 0 fully saturated rings. The van der Waals surface area contributed by atoms with Crippen molar-refractivity contribution in [2.45, 2.75) is 50.7 Å². The Hall–Kier alpha value is -3.49. The van der Waals surface area contributed by atoms with Crippen molar-refractivity contribution in [2.75, 3.05) is 28.2 Å². The van der Waals surface area contributed by atoms with E-state index in [1.165, 1.54) is 15.9 Å². The van der Waals surface area contributed by atoms with Crippen molar-refractivity contribution in [1.82, 2.24) is 20.4 Å². The maximum atomic E-state index is 14.0. The van der Waals surface area contributed by atoms with Gasteiger partial charge in [-0.05, 0) is 61.2 Å². The number of benzene rings is 2. The van der Waals surface area contributed by atoms with Crippen LogP contribution in [0.3, 0.4) is 0 Å². The molecule has 0 spiro atoms. The molecule has 208 valence electrons. The average molecular weight is 549 g/mol. The molecule has 0 aliphatic carbocycles. The van der Waals surface area contributed by atoms with E-state index < -0.39 is 12.1 Å². The topological polar surface area (TPSA) is 81.8 Å². The van der Waals surface area contributed by atoms with Crippen LogP contribution in [0.1, 0.15) is 30.7 Å². The van der Waals surface area contributed by atoms with Crippen LogP contribution in [0.2, 0.25) is 0 Å². The predicted octanol–water partition coefficient (Wildman–Crippen LogP) is 4.03. The predicted molar refractivity (Wildman–Crippen MR) is 160 cm³/mol. The lowest BCUT2D eigenvalue weighted by Crippen LogP contribution is -2.55. The van der Waals surface area contributed by atoms with E-state index in [1.807, 2.05) is 67.0 Å². The molecular formula is C31H40N4O3S. The number of nitrogens with one attached hydrogen (secondary N) is 2.